The third-order valence-electron chi connectivity index (χ3n) is 2.52. The van der Waals surface area contributed by atoms with Gasteiger partial charge in [-0.1, -0.05) is 32.1 Å². The molecule has 0 aliphatic rings. The van der Waals surface area contributed by atoms with Crippen LogP contribution < -0.4 is 22.9 Å². The van der Waals surface area contributed by atoms with Gasteiger partial charge >= 0.3 is 0 Å². The van der Waals surface area contributed by atoms with Crippen molar-refractivity contribution in [1.29, 1.82) is 0 Å². The monoisotopic (exact) mass is 229 g/mol. The summed E-state index contributed by atoms with van der Waals surface area (Å²) in [6.45, 7) is 0.813. The van der Waals surface area contributed by atoms with Crippen molar-refractivity contribution in [3.63, 3.8) is 0 Å². The van der Waals surface area contributed by atoms with Crippen LogP contribution in [0.5, 0.6) is 0 Å². The van der Waals surface area contributed by atoms with Crippen LogP contribution in [0.3, 0.4) is 0 Å². The molecule has 0 bridgehead atoms. The molecule has 0 spiro atoms. The third-order valence-corrected chi connectivity index (χ3v) is 2.52. The van der Waals surface area contributed by atoms with Gasteiger partial charge in [-0.2, -0.15) is 0 Å². The zero-order valence-electron chi connectivity index (χ0n) is 10.2. The maximum absolute atomic E-state index is 5.69. The summed E-state index contributed by atoms with van der Waals surface area (Å²) >= 11 is 0. The second-order valence-electron chi connectivity index (χ2n) is 4.17. The van der Waals surface area contributed by atoms with Gasteiger partial charge in [-0.25, -0.2) is 4.99 Å². The molecule has 0 radical (unpaired) electrons. The molecule has 0 aromatic rings. The summed E-state index contributed by atoms with van der Waals surface area (Å²) in [5.41, 5.74) is 21.6. The van der Waals surface area contributed by atoms with Gasteiger partial charge in [-0.15, -0.1) is 0 Å². The number of hydrogen-bond acceptors (Lipinski definition) is 3. The highest BCUT2D eigenvalue weighted by Crippen LogP contribution is 2.09. The summed E-state index contributed by atoms with van der Waals surface area (Å²) in [6.07, 6.45) is 9.17. The lowest BCUT2D eigenvalue weighted by molar-refractivity contribution is 0.536. The second kappa shape index (κ2) is 10.7. The first-order valence-corrected chi connectivity index (χ1v) is 6.21. The van der Waals surface area contributed by atoms with Gasteiger partial charge in [0.15, 0.2) is 5.96 Å². The van der Waals surface area contributed by atoms with E-state index in [0.717, 1.165) is 25.8 Å². The molecule has 5 heteroatoms. The Balaban J connectivity index is 3.18. The topological polar surface area (TPSA) is 116 Å². The van der Waals surface area contributed by atoms with Crippen LogP contribution in [0.4, 0.5) is 0 Å². The first-order chi connectivity index (χ1) is 7.66. The van der Waals surface area contributed by atoms with Crippen LogP contribution in [-0.2, 0) is 0 Å². The Morgan fingerprint density at radius 3 is 1.88 bits per heavy atom. The molecule has 0 aromatic carbocycles. The number of nitrogens with two attached hydrogens (primary N) is 4. The molecule has 0 aromatic heterocycles. The summed E-state index contributed by atoms with van der Waals surface area (Å²) in [5, 5.41) is 0. The summed E-state index contributed by atoms with van der Waals surface area (Å²) in [6, 6.07) is 0. The standard InChI is InChI=1S/C11H27N5/c12-9-7-5-3-1-2-4-6-8-10(13)16-11(14)15/h10H,1-9,12-13H2,(H4,14,15,16). The predicted octanol–water partition coefficient (Wildman–Crippen LogP) is 0.624. The Morgan fingerprint density at radius 2 is 1.38 bits per heavy atom. The summed E-state index contributed by atoms with van der Waals surface area (Å²) in [7, 11) is 0. The van der Waals surface area contributed by atoms with Crippen LogP contribution in [0.2, 0.25) is 0 Å². The quantitative estimate of drug-likeness (QED) is 0.249. The molecule has 0 saturated carbocycles. The highest BCUT2D eigenvalue weighted by molar-refractivity contribution is 5.75. The smallest absolute Gasteiger partial charge is 0.187 e. The molecule has 0 amide bonds. The van der Waals surface area contributed by atoms with Gasteiger partial charge in [0.25, 0.3) is 0 Å². The molecule has 0 aliphatic carbocycles. The Bertz CT molecular complexity index is 177. The molecule has 0 fully saturated rings. The van der Waals surface area contributed by atoms with Gasteiger partial charge in [-0.05, 0) is 25.8 Å². The van der Waals surface area contributed by atoms with Crippen LogP contribution in [0.15, 0.2) is 4.99 Å². The van der Waals surface area contributed by atoms with E-state index in [2.05, 4.69) is 4.99 Å². The number of unbranched alkanes of at least 4 members (excludes halogenated alkanes) is 6. The lowest BCUT2D eigenvalue weighted by atomic mass is 10.1. The third kappa shape index (κ3) is 11.3. The van der Waals surface area contributed by atoms with Crippen molar-refractivity contribution in [2.75, 3.05) is 6.54 Å². The first kappa shape index (κ1) is 15.2. The van der Waals surface area contributed by atoms with Crippen molar-refractivity contribution in [3.05, 3.63) is 0 Å². The molecule has 1 atom stereocenters. The molecule has 8 N–H and O–H groups in total. The van der Waals surface area contributed by atoms with Gasteiger partial charge in [0.05, 0.1) is 0 Å². The minimum atomic E-state index is -0.234. The first-order valence-electron chi connectivity index (χ1n) is 6.21. The van der Waals surface area contributed by atoms with E-state index in [-0.39, 0.29) is 12.1 Å². The number of hydrogen-bond donors (Lipinski definition) is 4. The predicted molar refractivity (Wildman–Crippen MR) is 69.8 cm³/mol. The molecule has 5 nitrogen and oxygen atoms in total. The van der Waals surface area contributed by atoms with Crippen LogP contribution in [0.1, 0.15) is 51.4 Å². The fraction of sp³-hybridized carbons (Fsp3) is 0.909. The van der Waals surface area contributed by atoms with Crippen LogP contribution in [0.25, 0.3) is 0 Å². The molecule has 0 aliphatic heterocycles. The fourth-order valence-electron chi connectivity index (χ4n) is 1.64. The Labute approximate surface area is 98.6 Å². The van der Waals surface area contributed by atoms with E-state index in [0.29, 0.717) is 0 Å². The molecule has 0 rings (SSSR count). The van der Waals surface area contributed by atoms with E-state index < -0.39 is 0 Å². The number of rotatable bonds is 10. The van der Waals surface area contributed by atoms with Crippen LogP contribution in [0, 0.1) is 0 Å². The molecule has 1 unspecified atom stereocenters. The van der Waals surface area contributed by atoms with E-state index >= 15 is 0 Å². The van der Waals surface area contributed by atoms with Crippen molar-refractivity contribution >= 4 is 5.96 Å². The second-order valence-corrected chi connectivity index (χ2v) is 4.17. The molecule has 16 heavy (non-hydrogen) atoms. The van der Waals surface area contributed by atoms with Crippen LogP contribution in [-0.4, -0.2) is 18.7 Å². The van der Waals surface area contributed by atoms with E-state index in [1.807, 2.05) is 0 Å². The van der Waals surface area contributed by atoms with Crippen molar-refractivity contribution in [2.45, 2.75) is 57.5 Å². The Kier molecular flexibility index (Phi) is 10.2. The minimum absolute atomic E-state index is 0.0780. The van der Waals surface area contributed by atoms with Crippen molar-refractivity contribution < 1.29 is 0 Å². The van der Waals surface area contributed by atoms with Gasteiger partial charge in [0.2, 0.25) is 0 Å². The van der Waals surface area contributed by atoms with Gasteiger partial charge in [0, 0.05) is 0 Å². The van der Waals surface area contributed by atoms with Gasteiger partial charge in [-0.3, -0.25) is 0 Å². The van der Waals surface area contributed by atoms with Crippen molar-refractivity contribution in [2.24, 2.45) is 27.9 Å². The van der Waals surface area contributed by atoms with E-state index in [1.54, 1.807) is 0 Å². The van der Waals surface area contributed by atoms with E-state index in [4.69, 9.17) is 22.9 Å². The summed E-state index contributed by atoms with van der Waals surface area (Å²) in [4.78, 5) is 3.87. The minimum Gasteiger partial charge on any atom is -0.370 e. The highest BCUT2D eigenvalue weighted by Gasteiger charge is 1.99. The van der Waals surface area contributed by atoms with Gasteiger partial charge < -0.3 is 22.9 Å². The average molecular weight is 229 g/mol. The number of guanidine groups is 1. The Hall–Kier alpha value is -0.810. The molecular formula is C11H27N5. The Morgan fingerprint density at radius 1 is 0.875 bits per heavy atom. The van der Waals surface area contributed by atoms with Crippen molar-refractivity contribution in [3.8, 4) is 0 Å². The van der Waals surface area contributed by atoms with E-state index in [9.17, 15) is 0 Å². The summed E-state index contributed by atoms with van der Waals surface area (Å²) < 4.78 is 0. The molecule has 96 valence electrons. The molecule has 0 saturated heterocycles. The lowest BCUT2D eigenvalue weighted by Crippen LogP contribution is -2.28. The fourth-order valence-corrected chi connectivity index (χ4v) is 1.64. The molecule has 0 heterocycles. The highest BCUT2D eigenvalue weighted by atomic mass is 15.1. The van der Waals surface area contributed by atoms with Crippen LogP contribution >= 0.6 is 0 Å². The maximum Gasteiger partial charge on any atom is 0.187 e. The number of nitrogens with zero attached hydrogens (tertiary/aromatic N) is 1. The largest absolute Gasteiger partial charge is 0.370 e. The average Bonchev–Trinajstić information content (AvgIpc) is 2.21. The normalized spacial score (nSPS) is 12.4. The number of aliphatic imine (C=N–C) groups is 1. The summed E-state index contributed by atoms with van der Waals surface area (Å²) in [5.74, 6) is 0.0780. The molecular weight excluding hydrogens is 202 g/mol. The lowest BCUT2D eigenvalue weighted by Gasteiger charge is -2.06. The van der Waals surface area contributed by atoms with Crippen molar-refractivity contribution in [1.82, 2.24) is 0 Å². The maximum atomic E-state index is 5.69. The van der Waals surface area contributed by atoms with Gasteiger partial charge in [0.1, 0.15) is 6.17 Å². The zero-order valence-corrected chi connectivity index (χ0v) is 10.2. The SMILES string of the molecule is NCCCCCCCCCC(N)N=C(N)N. The van der Waals surface area contributed by atoms with E-state index in [1.165, 1.54) is 32.1 Å². The zero-order chi connectivity index (χ0) is 12.2.